The number of rotatable bonds is 9. The van der Waals surface area contributed by atoms with E-state index in [2.05, 4.69) is 23.6 Å². The molecule has 1 unspecified atom stereocenters. The molecule has 1 saturated heterocycles. The number of hydrogen-bond donors (Lipinski definition) is 1. The lowest BCUT2D eigenvalue weighted by molar-refractivity contribution is 0.114. The van der Waals surface area contributed by atoms with Crippen LogP contribution in [0.1, 0.15) is 46.0 Å². The fourth-order valence-corrected chi connectivity index (χ4v) is 2.79. The summed E-state index contributed by atoms with van der Waals surface area (Å²) in [6, 6.07) is 0. The van der Waals surface area contributed by atoms with Crippen molar-refractivity contribution in [3.63, 3.8) is 0 Å². The van der Waals surface area contributed by atoms with E-state index in [1.807, 2.05) is 0 Å². The van der Waals surface area contributed by atoms with Crippen LogP contribution in [0.2, 0.25) is 0 Å². The Labute approximate surface area is 114 Å². The predicted molar refractivity (Wildman–Crippen MR) is 79.9 cm³/mol. The molecule has 1 fully saturated rings. The Morgan fingerprint density at radius 1 is 1.00 bits per heavy atom. The maximum atomic E-state index is 5.57. The van der Waals surface area contributed by atoms with Gasteiger partial charge in [0, 0.05) is 32.7 Å². The van der Waals surface area contributed by atoms with E-state index in [0.29, 0.717) is 0 Å². The third-order valence-corrected chi connectivity index (χ3v) is 4.20. The van der Waals surface area contributed by atoms with Crippen LogP contribution in [0, 0.1) is 5.92 Å². The lowest BCUT2D eigenvalue weighted by Crippen LogP contribution is -2.48. The molecule has 1 aliphatic rings. The zero-order valence-corrected chi connectivity index (χ0v) is 12.5. The molecule has 0 aliphatic carbocycles. The van der Waals surface area contributed by atoms with Crippen LogP contribution in [0.15, 0.2) is 0 Å². The van der Waals surface area contributed by atoms with E-state index in [0.717, 1.165) is 18.9 Å². The minimum absolute atomic E-state index is 0.829. The molecule has 1 heterocycles. The maximum absolute atomic E-state index is 5.57. The molecule has 0 bridgehead atoms. The Balaban J connectivity index is 2.17. The Morgan fingerprint density at radius 3 is 2.22 bits per heavy atom. The second-order valence-electron chi connectivity index (χ2n) is 5.70. The molecule has 2 N–H and O–H groups in total. The van der Waals surface area contributed by atoms with Crippen LogP contribution in [-0.4, -0.2) is 55.6 Å². The third-order valence-electron chi connectivity index (χ3n) is 4.20. The predicted octanol–water partition coefficient (Wildman–Crippen LogP) is 2.17. The Hall–Kier alpha value is -0.120. The van der Waals surface area contributed by atoms with Crippen molar-refractivity contribution in [2.45, 2.75) is 46.0 Å². The van der Waals surface area contributed by atoms with Gasteiger partial charge in [-0.1, -0.05) is 33.1 Å². The number of hydrogen-bond acceptors (Lipinski definition) is 3. The highest BCUT2D eigenvalue weighted by atomic mass is 15.3. The van der Waals surface area contributed by atoms with Crippen LogP contribution in [0.3, 0.4) is 0 Å². The van der Waals surface area contributed by atoms with Crippen LogP contribution in [0.4, 0.5) is 0 Å². The highest BCUT2D eigenvalue weighted by Crippen LogP contribution is 2.15. The van der Waals surface area contributed by atoms with Crippen LogP contribution in [0.5, 0.6) is 0 Å². The van der Waals surface area contributed by atoms with Gasteiger partial charge in [-0.05, 0) is 31.8 Å². The summed E-state index contributed by atoms with van der Waals surface area (Å²) in [5, 5.41) is 0. The van der Waals surface area contributed by atoms with Gasteiger partial charge in [-0.25, -0.2) is 0 Å². The van der Waals surface area contributed by atoms with Crippen molar-refractivity contribution < 1.29 is 0 Å². The van der Waals surface area contributed by atoms with E-state index < -0.39 is 0 Å². The van der Waals surface area contributed by atoms with Gasteiger partial charge >= 0.3 is 0 Å². The summed E-state index contributed by atoms with van der Waals surface area (Å²) in [7, 11) is 0. The summed E-state index contributed by atoms with van der Waals surface area (Å²) < 4.78 is 0. The molecule has 1 atom stereocenters. The van der Waals surface area contributed by atoms with Gasteiger partial charge in [-0.3, -0.25) is 0 Å². The van der Waals surface area contributed by atoms with Gasteiger partial charge < -0.3 is 15.5 Å². The first-order chi connectivity index (χ1) is 8.80. The van der Waals surface area contributed by atoms with Gasteiger partial charge in [-0.15, -0.1) is 0 Å². The molecule has 3 heteroatoms. The standard InChI is InChI=1S/C15H33N3/c1-3-5-7-15(4-2)14-18-12-10-17(11-13-18)9-6-8-16/h15H,3-14,16H2,1-2H3. The van der Waals surface area contributed by atoms with Gasteiger partial charge in [0.25, 0.3) is 0 Å². The van der Waals surface area contributed by atoms with Crippen molar-refractivity contribution in [3.05, 3.63) is 0 Å². The van der Waals surface area contributed by atoms with Gasteiger partial charge in [0.1, 0.15) is 0 Å². The van der Waals surface area contributed by atoms with E-state index in [9.17, 15) is 0 Å². The second kappa shape index (κ2) is 9.76. The Kier molecular flexibility index (Phi) is 8.64. The Morgan fingerprint density at radius 2 is 1.67 bits per heavy atom. The van der Waals surface area contributed by atoms with Crippen LogP contribution in [0.25, 0.3) is 0 Å². The zero-order valence-electron chi connectivity index (χ0n) is 12.5. The minimum atomic E-state index is 0.829. The second-order valence-corrected chi connectivity index (χ2v) is 5.70. The van der Waals surface area contributed by atoms with E-state index in [1.165, 1.54) is 65.0 Å². The average Bonchev–Trinajstić information content (AvgIpc) is 2.42. The summed E-state index contributed by atoms with van der Waals surface area (Å²) in [6.07, 6.45) is 6.64. The molecule has 0 aromatic rings. The van der Waals surface area contributed by atoms with E-state index in [4.69, 9.17) is 5.73 Å². The topological polar surface area (TPSA) is 32.5 Å². The van der Waals surface area contributed by atoms with E-state index in [-0.39, 0.29) is 0 Å². The highest BCUT2D eigenvalue weighted by molar-refractivity contribution is 4.74. The first-order valence-electron chi connectivity index (χ1n) is 7.94. The molecule has 0 aromatic heterocycles. The fraction of sp³-hybridized carbons (Fsp3) is 1.00. The first-order valence-corrected chi connectivity index (χ1v) is 7.94. The first kappa shape index (κ1) is 15.9. The molecule has 18 heavy (non-hydrogen) atoms. The molecule has 1 aliphatic heterocycles. The van der Waals surface area contributed by atoms with Gasteiger partial charge in [0.15, 0.2) is 0 Å². The average molecular weight is 255 g/mol. The molecule has 0 radical (unpaired) electrons. The number of nitrogens with zero attached hydrogens (tertiary/aromatic N) is 2. The van der Waals surface area contributed by atoms with E-state index in [1.54, 1.807) is 0 Å². The SMILES string of the molecule is CCCCC(CC)CN1CCN(CCCN)CC1. The fourth-order valence-electron chi connectivity index (χ4n) is 2.79. The molecule has 0 saturated carbocycles. The normalized spacial score (nSPS) is 20.2. The summed E-state index contributed by atoms with van der Waals surface area (Å²) in [5.74, 6) is 0.917. The summed E-state index contributed by atoms with van der Waals surface area (Å²) in [5.41, 5.74) is 5.57. The van der Waals surface area contributed by atoms with Gasteiger partial charge in [0.2, 0.25) is 0 Å². The van der Waals surface area contributed by atoms with Crippen LogP contribution < -0.4 is 5.73 Å². The molecule has 0 amide bonds. The van der Waals surface area contributed by atoms with E-state index >= 15 is 0 Å². The van der Waals surface area contributed by atoms with Crippen molar-refractivity contribution in [2.24, 2.45) is 11.7 Å². The molecule has 0 aromatic carbocycles. The largest absolute Gasteiger partial charge is 0.330 e. The maximum Gasteiger partial charge on any atom is 0.0110 e. The molecular formula is C15H33N3. The summed E-state index contributed by atoms with van der Waals surface area (Å²) in [4.78, 5) is 5.24. The van der Waals surface area contributed by atoms with Crippen molar-refractivity contribution in [2.75, 3.05) is 45.8 Å². The minimum Gasteiger partial charge on any atom is -0.330 e. The van der Waals surface area contributed by atoms with Gasteiger partial charge in [-0.2, -0.15) is 0 Å². The zero-order chi connectivity index (χ0) is 13.2. The summed E-state index contributed by atoms with van der Waals surface area (Å²) in [6.45, 7) is 13.0. The number of unbranched alkanes of at least 4 members (excludes halogenated alkanes) is 1. The van der Waals surface area contributed by atoms with Crippen molar-refractivity contribution in [3.8, 4) is 0 Å². The molecule has 0 spiro atoms. The quantitative estimate of drug-likeness (QED) is 0.685. The summed E-state index contributed by atoms with van der Waals surface area (Å²) >= 11 is 0. The Bertz CT molecular complexity index is 188. The van der Waals surface area contributed by atoms with Crippen molar-refractivity contribution in [1.82, 2.24) is 9.80 Å². The van der Waals surface area contributed by atoms with Crippen molar-refractivity contribution in [1.29, 1.82) is 0 Å². The lowest BCUT2D eigenvalue weighted by atomic mass is 9.98. The van der Waals surface area contributed by atoms with Crippen LogP contribution >= 0.6 is 0 Å². The van der Waals surface area contributed by atoms with Crippen LogP contribution in [-0.2, 0) is 0 Å². The smallest absolute Gasteiger partial charge is 0.0110 e. The number of piperazine rings is 1. The van der Waals surface area contributed by atoms with Crippen molar-refractivity contribution >= 4 is 0 Å². The highest BCUT2D eigenvalue weighted by Gasteiger charge is 2.18. The third kappa shape index (κ3) is 6.17. The molecule has 1 rings (SSSR count). The number of nitrogens with two attached hydrogens (primary N) is 1. The monoisotopic (exact) mass is 255 g/mol. The molecule has 108 valence electrons. The molecular weight excluding hydrogens is 222 g/mol. The van der Waals surface area contributed by atoms with Gasteiger partial charge in [0.05, 0.1) is 0 Å². The lowest BCUT2D eigenvalue weighted by Gasteiger charge is -2.36. The molecule has 3 nitrogen and oxygen atoms in total.